The van der Waals surface area contributed by atoms with E-state index >= 15 is 0 Å². The van der Waals surface area contributed by atoms with Gasteiger partial charge in [-0.3, -0.25) is 4.98 Å². The Kier molecular flexibility index (Phi) is 3.87. The Bertz CT molecular complexity index is 384. The Morgan fingerprint density at radius 1 is 1.35 bits per heavy atom. The lowest BCUT2D eigenvalue weighted by Crippen LogP contribution is -2.37. The molecule has 1 fully saturated rings. The molecule has 0 amide bonds. The fourth-order valence-corrected chi connectivity index (χ4v) is 2.65. The van der Waals surface area contributed by atoms with Gasteiger partial charge in [-0.15, -0.1) is 11.6 Å². The Hall–Kier alpha value is -0.830. The van der Waals surface area contributed by atoms with Gasteiger partial charge in [0.05, 0.1) is 11.4 Å². The molecule has 1 atom stereocenters. The number of hydrogen-bond donors (Lipinski definition) is 0. The molecule has 94 valence electrons. The summed E-state index contributed by atoms with van der Waals surface area (Å²) < 4.78 is 0. The van der Waals surface area contributed by atoms with E-state index < -0.39 is 0 Å². The first-order valence-electron chi connectivity index (χ1n) is 6.27. The van der Waals surface area contributed by atoms with Crippen molar-refractivity contribution in [2.45, 2.75) is 39.0 Å². The summed E-state index contributed by atoms with van der Waals surface area (Å²) in [6, 6.07) is 0. The summed E-state index contributed by atoms with van der Waals surface area (Å²) in [7, 11) is 0. The van der Waals surface area contributed by atoms with Gasteiger partial charge in [0, 0.05) is 24.7 Å². The smallest absolute Gasteiger partial charge is 0.150 e. The number of aryl methyl sites for hydroxylation is 2. The van der Waals surface area contributed by atoms with Crippen LogP contribution in [-0.2, 0) is 0 Å². The topological polar surface area (TPSA) is 29.0 Å². The normalized spacial score (nSPS) is 19.4. The number of hydrogen-bond acceptors (Lipinski definition) is 3. The van der Waals surface area contributed by atoms with Crippen LogP contribution in [0.15, 0.2) is 6.20 Å². The molecule has 0 radical (unpaired) electrons. The van der Waals surface area contributed by atoms with Gasteiger partial charge in [-0.05, 0) is 39.5 Å². The third-order valence-corrected chi connectivity index (χ3v) is 3.90. The monoisotopic (exact) mass is 253 g/mol. The van der Waals surface area contributed by atoms with E-state index in [4.69, 9.17) is 11.6 Å². The number of aromatic nitrogens is 2. The minimum Gasteiger partial charge on any atom is -0.355 e. The van der Waals surface area contributed by atoms with E-state index in [1.54, 1.807) is 0 Å². The first-order chi connectivity index (χ1) is 8.08. The van der Waals surface area contributed by atoms with E-state index in [2.05, 4.69) is 21.8 Å². The van der Waals surface area contributed by atoms with Crippen LogP contribution in [0.25, 0.3) is 0 Å². The fourth-order valence-electron chi connectivity index (χ4n) is 2.39. The van der Waals surface area contributed by atoms with Crippen molar-refractivity contribution in [3.8, 4) is 0 Å². The maximum atomic E-state index is 6.16. The highest BCUT2D eigenvalue weighted by Gasteiger charge is 2.24. The van der Waals surface area contributed by atoms with Crippen molar-refractivity contribution < 1.29 is 0 Å². The van der Waals surface area contributed by atoms with Crippen LogP contribution in [0.4, 0.5) is 5.82 Å². The molecule has 3 nitrogen and oxygen atoms in total. The predicted octanol–water partition coefficient (Wildman–Crippen LogP) is 2.94. The zero-order chi connectivity index (χ0) is 12.4. The molecule has 1 unspecified atom stereocenters. The van der Waals surface area contributed by atoms with Crippen LogP contribution in [0.5, 0.6) is 0 Å². The first kappa shape index (κ1) is 12.6. The van der Waals surface area contributed by atoms with E-state index in [0.717, 1.165) is 43.1 Å². The molecule has 1 aliphatic heterocycles. The predicted molar refractivity (Wildman–Crippen MR) is 71.8 cm³/mol. The number of anilines is 1. The quantitative estimate of drug-likeness (QED) is 0.759. The summed E-state index contributed by atoms with van der Waals surface area (Å²) in [5.74, 6) is 1.69. The molecular weight excluding hydrogens is 234 g/mol. The van der Waals surface area contributed by atoms with Crippen molar-refractivity contribution in [2.75, 3.05) is 18.0 Å². The molecule has 0 aliphatic carbocycles. The lowest BCUT2D eigenvalue weighted by atomic mass is 9.94. The Labute approximate surface area is 108 Å². The number of alkyl halides is 1. The summed E-state index contributed by atoms with van der Waals surface area (Å²) in [5, 5.41) is 0.279. The van der Waals surface area contributed by atoms with Gasteiger partial charge in [0.1, 0.15) is 5.82 Å². The minimum atomic E-state index is 0.279. The Balaban J connectivity index is 2.07. The molecule has 1 aliphatic rings. The second kappa shape index (κ2) is 5.21. The number of nitrogens with zero attached hydrogens (tertiary/aromatic N) is 3. The van der Waals surface area contributed by atoms with E-state index in [9.17, 15) is 0 Å². The van der Waals surface area contributed by atoms with Gasteiger partial charge in [-0.2, -0.15) is 0 Å². The van der Waals surface area contributed by atoms with Gasteiger partial charge in [-0.25, -0.2) is 4.98 Å². The van der Waals surface area contributed by atoms with Crippen LogP contribution in [0, 0.1) is 19.8 Å². The molecule has 1 saturated heterocycles. The molecule has 17 heavy (non-hydrogen) atoms. The summed E-state index contributed by atoms with van der Waals surface area (Å²) in [6.45, 7) is 8.20. The second-order valence-electron chi connectivity index (χ2n) is 4.92. The van der Waals surface area contributed by atoms with Gasteiger partial charge in [0.15, 0.2) is 0 Å². The molecule has 0 saturated carbocycles. The van der Waals surface area contributed by atoms with Gasteiger partial charge >= 0.3 is 0 Å². The minimum absolute atomic E-state index is 0.279. The summed E-state index contributed by atoms with van der Waals surface area (Å²) >= 11 is 6.16. The number of halogens is 1. The maximum Gasteiger partial charge on any atom is 0.150 e. The molecular formula is C13H20ClN3. The summed E-state index contributed by atoms with van der Waals surface area (Å²) in [4.78, 5) is 11.3. The molecule has 0 bridgehead atoms. The van der Waals surface area contributed by atoms with E-state index in [1.165, 1.54) is 0 Å². The van der Waals surface area contributed by atoms with Crippen LogP contribution in [0.2, 0.25) is 0 Å². The molecule has 2 heterocycles. The van der Waals surface area contributed by atoms with E-state index in [0.29, 0.717) is 5.92 Å². The van der Waals surface area contributed by atoms with Crippen LogP contribution in [0.3, 0.4) is 0 Å². The molecule has 0 aromatic carbocycles. The molecule has 2 rings (SSSR count). The average molecular weight is 254 g/mol. The van der Waals surface area contributed by atoms with Gasteiger partial charge < -0.3 is 4.90 Å². The standard InChI is InChI=1S/C13H20ClN3/c1-9-8-15-11(3)13(16-9)17-6-4-12(5-7-17)10(2)14/h8,10,12H,4-7H2,1-3H3. The van der Waals surface area contributed by atoms with Crippen LogP contribution >= 0.6 is 11.6 Å². The number of rotatable bonds is 2. The molecule has 0 N–H and O–H groups in total. The Morgan fingerprint density at radius 2 is 2.00 bits per heavy atom. The highest BCUT2D eigenvalue weighted by molar-refractivity contribution is 6.20. The van der Waals surface area contributed by atoms with E-state index in [-0.39, 0.29) is 5.38 Å². The SMILES string of the molecule is Cc1cnc(C)c(N2CCC(C(C)Cl)CC2)n1. The summed E-state index contributed by atoms with van der Waals surface area (Å²) in [5.41, 5.74) is 2.01. The first-order valence-corrected chi connectivity index (χ1v) is 6.71. The highest BCUT2D eigenvalue weighted by atomic mass is 35.5. The summed E-state index contributed by atoms with van der Waals surface area (Å²) in [6.07, 6.45) is 4.13. The van der Waals surface area contributed by atoms with Crippen LogP contribution in [-0.4, -0.2) is 28.4 Å². The maximum absolute atomic E-state index is 6.16. The number of piperidine rings is 1. The highest BCUT2D eigenvalue weighted by Crippen LogP contribution is 2.27. The van der Waals surface area contributed by atoms with Gasteiger partial charge in [-0.1, -0.05) is 0 Å². The van der Waals surface area contributed by atoms with Crippen molar-refractivity contribution in [1.29, 1.82) is 0 Å². The van der Waals surface area contributed by atoms with Crippen molar-refractivity contribution in [1.82, 2.24) is 9.97 Å². The van der Waals surface area contributed by atoms with Gasteiger partial charge in [0.2, 0.25) is 0 Å². The molecule has 0 spiro atoms. The van der Waals surface area contributed by atoms with Crippen molar-refractivity contribution in [2.24, 2.45) is 5.92 Å². The molecule has 1 aromatic heterocycles. The molecule has 4 heteroatoms. The lowest BCUT2D eigenvalue weighted by Gasteiger charge is -2.34. The largest absolute Gasteiger partial charge is 0.355 e. The average Bonchev–Trinajstić information content (AvgIpc) is 2.32. The van der Waals surface area contributed by atoms with Crippen molar-refractivity contribution in [3.63, 3.8) is 0 Å². The third kappa shape index (κ3) is 2.89. The molecule has 1 aromatic rings. The van der Waals surface area contributed by atoms with Crippen molar-refractivity contribution in [3.05, 3.63) is 17.6 Å². The second-order valence-corrected chi connectivity index (χ2v) is 5.61. The van der Waals surface area contributed by atoms with E-state index in [1.807, 2.05) is 20.0 Å². The zero-order valence-electron chi connectivity index (χ0n) is 10.8. The van der Waals surface area contributed by atoms with Gasteiger partial charge in [0.25, 0.3) is 0 Å². The fraction of sp³-hybridized carbons (Fsp3) is 0.692. The Morgan fingerprint density at radius 3 is 2.59 bits per heavy atom. The van der Waals surface area contributed by atoms with Crippen LogP contribution in [0.1, 0.15) is 31.2 Å². The third-order valence-electron chi connectivity index (χ3n) is 3.54. The zero-order valence-corrected chi connectivity index (χ0v) is 11.5. The van der Waals surface area contributed by atoms with Crippen molar-refractivity contribution >= 4 is 17.4 Å². The van der Waals surface area contributed by atoms with Crippen LogP contribution < -0.4 is 4.90 Å². The lowest BCUT2D eigenvalue weighted by molar-refractivity contribution is 0.398.